The van der Waals surface area contributed by atoms with Crippen LogP contribution in [0.4, 0.5) is 5.69 Å². The number of methoxy groups -OCH3 is 2. The zero-order valence-electron chi connectivity index (χ0n) is 13.0. The highest BCUT2D eigenvalue weighted by atomic mass is 32.2. The SMILES string of the molecule is COCCN(C(C)COC)S(=O)(=O)c1cc(N)ccc1C. The van der Waals surface area contributed by atoms with Gasteiger partial charge in [0.2, 0.25) is 10.0 Å². The van der Waals surface area contributed by atoms with Crippen LogP contribution in [0.3, 0.4) is 0 Å². The average Bonchev–Trinajstić information content (AvgIpc) is 2.42. The molecule has 1 atom stereocenters. The molecule has 7 heteroatoms. The maximum atomic E-state index is 12.9. The lowest BCUT2D eigenvalue weighted by Crippen LogP contribution is -2.43. The molecule has 0 heterocycles. The number of anilines is 1. The second kappa shape index (κ2) is 7.74. The summed E-state index contributed by atoms with van der Waals surface area (Å²) < 4.78 is 37.3. The summed E-state index contributed by atoms with van der Waals surface area (Å²) in [6, 6.07) is 4.59. The van der Waals surface area contributed by atoms with E-state index in [9.17, 15) is 8.42 Å². The highest BCUT2D eigenvalue weighted by Crippen LogP contribution is 2.24. The molecule has 0 radical (unpaired) electrons. The Morgan fingerprint density at radius 1 is 1.29 bits per heavy atom. The van der Waals surface area contributed by atoms with Crippen molar-refractivity contribution in [1.82, 2.24) is 4.31 Å². The Morgan fingerprint density at radius 2 is 1.95 bits per heavy atom. The third-order valence-corrected chi connectivity index (χ3v) is 5.37. The number of ether oxygens (including phenoxy) is 2. The molecular weight excluding hydrogens is 292 g/mol. The zero-order chi connectivity index (χ0) is 16.0. The zero-order valence-corrected chi connectivity index (χ0v) is 13.8. The molecule has 6 nitrogen and oxygen atoms in total. The summed E-state index contributed by atoms with van der Waals surface area (Å²) >= 11 is 0. The molecule has 0 aliphatic carbocycles. The third kappa shape index (κ3) is 4.41. The fourth-order valence-corrected chi connectivity index (χ4v) is 3.97. The van der Waals surface area contributed by atoms with Crippen molar-refractivity contribution in [3.05, 3.63) is 23.8 Å². The third-order valence-electron chi connectivity index (χ3n) is 3.21. The number of sulfonamides is 1. The van der Waals surface area contributed by atoms with E-state index >= 15 is 0 Å². The van der Waals surface area contributed by atoms with Crippen LogP contribution in [0.25, 0.3) is 0 Å². The second-order valence-corrected chi connectivity index (χ2v) is 6.80. The van der Waals surface area contributed by atoms with Crippen molar-refractivity contribution in [1.29, 1.82) is 0 Å². The first-order chi connectivity index (χ1) is 9.84. The smallest absolute Gasteiger partial charge is 0.243 e. The molecule has 0 saturated carbocycles. The molecule has 0 spiro atoms. The van der Waals surface area contributed by atoms with E-state index in [0.717, 1.165) is 0 Å². The molecule has 0 aliphatic rings. The fourth-order valence-electron chi connectivity index (χ4n) is 2.10. The minimum atomic E-state index is -3.65. The molecule has 120 valence electrons. The van der Waals surface area contributed by atoms with E-state index < -0.39 is 10.0 Å². The maximum Gasteiger partial charge on any atom is 0.243 e. The summed E-state index contributed by atoms with van der Waals surface area (Å²) in [4.78, 5) is 0.224. The van der Waals surface area contributed by atoms with Crippen molar-refractivity contribution < 1.29 is 17.9 Å². The van der Waals surface area contributed by atoms with E-state index in [4.69, 9.17) is 15.2 Å². The average molecular weight is 316 g/mol. The number of rotatable bonds is 8. The van der Waals surface area contributed by atoms with E-state index in [2.05, 4.69) is 0 Å². The summed E-state index contributed by atoms with van der Waals surface area (Å²) in [5, 5.41) is 0. The Balaban J connectivity index is 3.22. The van der Waals surface area contributed by atoms with Crippen molar-refractivity contribution in [2.24, 2.45) is 0 Å². The van der Waals surface area contributed by atoms with Gasteiger partial charge in [-0.15, -0.1) is 0 Å². The second-order valence-electron chi connectivity index (χ2n) is 4.94. The molecule has 0 bridgehead atoms. The van der Waals surface area contributed by atoms with E-state index in [1.54, 1.807) is 33.1 Å². The molecule has 0 amide bonds. The topological polar surface area (TPSA) is 81.9 Å². The molecule has 1 rings (SSSR count). The molecule has 21 heavy (non-hydrogen) atoms. The Bertz CT molecular complexity index is 560. The van der Waals surface area contributed by atoms with Crippen molar-refractivity contribution in [3.63, 3.8) is 0 Å². The van der Waals surface area contributed by atoms with Gasteiger partial charge in [-0.05, 0) is 31.5 Å². The maximum absolute atomic E-state index is 12.9. The van der Waals surface area contributed by atoms with Crippen molar-refractivity contribution in [2.75, 3.05) is 39.7 Å². The van der Waals surface area contributed by atoms with E-state index in [1.165, 1.54) is 17.5 Å². The van der Waals surface area contributed by atoms with Gasteiger partial charge in [-0.1, -0.05) is 6.07 Å². The number of nitrogens with two attached hydrogens (primary N) is 1. The Kier molecular flexibility index (Phi) is 6.60. The van der Waals surface area contributed by atoms with E-state index in [-0.39, 0.29) is 17.5 Å². The molecule has 0 aromatic heterocycles. The normalized spacial score (nSPS) is 13.6. The molecule has 2 N–H and O–H groups in total. The summed E-state index contributed by atoms with van der Waals surface area (Å²) in [6.07, 6.45) is 0. The number of nitrogens with zero attached hydrogens (tertiary/aromatic N) is 1. The first-order valence-electron chi connectivity index (χ1n) is 6.70. The highest BCUT2D eigenvalue weighted by Gasteiger charge is 2.30. The predicted molar refractivity (Wildman–Crippen MR) is 82.7 cm³/mol. The van der Waals surface area contributed by atoms with Crippen LogP contribution in [-0.2, 0) is 19.5 Å². The molecular formula is C14H24N2O4S. The van der Waals surface area contributed by atoms with Gasteiger partial charge in [-0.25, -0.2) is 8.42 Å². The summed E-state index contributed by atoms with van der Waals surface area (Å²) in [5.74, 6) is 0. The van der Waals surface area contributed by atoms with Gasteiger partial charge >= 0.3 is 0 Å². The van der Waals surface area contributed by atoms with Crippen LogP contribution >= 0.6 is 0 Å². The largest absolute Gasteiger partial charge is 0.399 e. The van der Waals surface area contributed by atoms with E-state index in [1.807, 2.05) is 0 Å². The molecule has 1 aromatic rings. The Labute approximate surface area is 126 Å². The minimum Gasteiger partial charge on any atom is -0.399 e. The van der Waals surface area contributed by atoms with Gasteiger partial charge in [-0.2, -0.15) is 4.31 Å². The van der Waals surface area contributed by atoms with Gasteiger partial charge in [-0.3, -0.25) is 0 Å². The Hall–Kier alpha value is -1.15. The first kappa shape index (κ1) is 17.9. The lowest BCUT2D eigenvalue weighted by molar-refractivity contribution is 0.119. The van der Waals surface area contributed by atoms with Gasteiger partial charge in [0.25, 0.3) is 0 Å². The number of nitrogen functional groups attached to an aromatic ring is 1. The number of benzene rings is 1. The standard InChI is InChI=1S/C14H24N2O4S/c1-11-5-6-13(15)9-14(11)21(17,18)16(7-8-19-3)12(2)10-20-4/h5-6,9,12H,7-8,10,15H2,1-4H3. The predicted octanol–water partition coefficient (Wildman–Crippen LogP) is 1.25. The number of hydrogen-bond donors (Lipinski definition) is 1. The monoisotopic (exact) mass is 316 g/mol. The number of hydrogen-bond acceptors (Lipinski definition) is 5. The lowest BCUT2D eigenvalue weighted by atomic mass is 10.2. The summed E-state index contributed by atoms with van der Waals surface area (Å²) in [5.41, 5.74) is 6.81. The molecule has 0 aliphatic heterocycles. The van der Waals surface area contributed by atoms with Gasteiger partial charge in [0.15, 0.2) is 0 Å². The molecule has 1 aromatic carbocycles. The van der Waals surface area contributed by atoms with Crippen LogP contribution in [0, 0.1) is 6.92 Å². The first-order valence-corrected chi connectivity index (χ1v) is 8.14. The summed E-state index contributed by atoms with van der Waals surface area (Å²) in [7, 11) is -0.570. The van der Waals surface area contributed by atoms with Crippen LogP contribution < -0.4 is 5.73 Å². The van der Waals surface area contributed by atoms with Crippen molar-refractivity contribution in [2.45, 2.75) is 24.8 Å². The molecule has 0 fully saturated rings. The molecule has 0 saturated heterocycles. The quantitative estimate of drug-likeness (QED) is 0.730. The highest BCUT2D eigenvalue weighted by molar-refractivity contribution is 7.89. The van der Waals surface area contributed by atoms with Crippen molar-refractivity contribution >= 4 is 15.7 Å². The van der Waals surface area contributed by atoms with Gasteiger partial charge in [0.05, 0.1) is 18.1 Å². The van der Waals surface area contributed by atoms with Gasteiger partial charge < -0.3 is 15.2 Å². The van der Waals surface area contributed by atoms with Crippen molar-refractivity contribution in [3.8, 4) is 0 Å². The van der Waals surface area contributed by atoms with E-state index in [0.29, 0.717) is 24.5 Å². The van der Waals surface area contributed by atoms with Gasteiger partial charge in [0.1, 0.15) is 0 Å². The van der Waals surface area contributed by atoms with Crippen LogP contribution in [-0.4, -0.2) is 52.7 Å². The van der Waals surface area contributed by atoms with Crippen LogP contribution in [0.5, 0.6) is 0 Å². The van der Waals surface area contributed by atoms with Crippen LogP contribution in [0.1, 0.15) is 12.5 Å². The summed E-state index contributed by atoms with van der Waals surface area (Å²) in [6.45, 7) is 4.44. The number of aryl methyl sites for hydroxylation is 1. The molecule has 1 unspecified atom stereocenters. The van der Waals surface area contributed by atoms with Gasteiger partial charge in [0, 0.05) is 32.5 Å². The van der Waals surface area contributed by atoms with Crippen LogP contribution in [0.15, 0.2) is 23.1 Å². The minimum absolute atomic E-state index is 0.224. The lowest BCUT2D eigenvalue weighted by Gasteiger charge is -2.28. The van der Waals surface area contributed by atoms with Crippen LogP contribution in [0.2, 0.25) is 0 Å². The fraction of sp³-hybridized carbons (Fsp3) is 0.571. The Morgan fingerprint density at radius 3 is 2.52 bits per heavy atom.